The van der Waals surface area contributed by atoms with E-state index in [-0.39, 0.29) is 10.8 Å². The number of benzene rings is 2. The molecule has 4 rings (SSSR count). The lowest BCUT2D eigenvalue weighted by Crippen LogP contribution is -2.34. The molecule has 1 aliphatic carbocycles. The zero-order valence-electron chi connectivity index (χ0n) is 17.5. The third kappa shape index (κ3) is 3.89. The fourth-order valence-corrected chi connectivity index (χ4v) is 5.43. The second kappa shape index (κ2) is 7.92. The largest absolute Gasteiger partial charge is 0.496 e. The van der Waals surface area contributed by atoms with Gasteiger partial charge in [0.1, 0.15) is 5.75 Å². The van der Waals surface area contributed by atoms with Gasteiger partial charge in [0.15, 0.2) is 0 Å². The van der Waals surface area contributed by atoms with Gasteiger partial charge < -0.3 is 15.0 Å². The van der Waals surface area contributed by atoms with Crippen LogP contribution in [-0.4, -0.2) is 46.5 Å². The van der Waals surface area contributed by atoms with E-state index >= 15 is 0 Å². The molecule has 0 radical (unpaired) electrons. The SMILES string of the molecule is COc1ccc(NS(=O)(=O)c2ccc3c(c2)CCC(=O)N3)c2c1C[C@@H](N(C)C)CC2. The number of fused-ring (bicyclic) bond motifs is 2. The third-order valence-electron chi connectivity index (χ3n) is 6.03. The molecule has 7 nitrogen and oxygen atoms in total. The summed E-state index contributed by atoms with van der Waals surface area (Å²) >= 11 is 0. The molecule has 0 unspecified atom stereocenters. The normalized spacial score (nSPS) is 18.4. The molecule has 1 aliphatic heterocycles. The smallest absolute Gasteiger partial charge is 0.261 e. The number of methoxy groups -OCH3 is 1. The molecule has 0 fully saturated rings. The molecule has 2 aliphatic rings. The Kier molecular flexibility index (Phi) is 5.46. The van der Waals surface area contributed by atoms with Crippen molar-refractivity contribution in [2.75, 3.05) is 31.2 Å². The number of rotatable bonds is 5. The Hall–Kier alpha value is -2.58. The quantitative estimate of drug-likeness (QED) is 0.763. The number of hydrogen-bond donors (Lipinski definition) is 2. The number of anilines is 2. The molecule has 0 spiro atoms. The number of hydrogen-bond acceptors (Lipinski definition) is 5. The minimum atomic E-state index is -3.76. The van der Waals surface area contributed by atoms with Gasteiger partial charge in [-0.2, -0.15) is 0 Å². The van der Waals surface area contributed by atoms with Crippen molar-refractivity contribution in [3.05, 3.63) is 47.0 Å². The number of carbonyl (C=O) groups is 1. The van der Waals surface area contributed by atoms with Crippen LogP contribution in [0.5, 0.6) is 5.75 Å². The van der Waals surface area contributed by atoms with Crippen molar-refractivity contribution in [1.82, 2.24) is 4.90 Å². The molecule has 1 heterocycles. The van der Waals surface area contributed by atoms with E-state index in [1.807, 2.05) is 6.07 Å². The maximum absolute atomic E-state index is 13.1. The molecule has 0 aromatic heterocycles. The number of aryl methyl sites for hydroxylation is 1. The average molecular weight is 430 g/mol. The molecule has 0 saturated heterocycles. The first-order valence-corrected chi connectivity index (χ1v) is 11.6. The van der Waals surface area contributed by atoms with Gasteiger partial charge in [-0.1, -0.05) is 0 Å². The average Bonchev–Trinajstić information content (AvgIpc) is 2.72. The van der Waals surface area contributed by atoms with Gasteiger partial charge in [-0.25, -0.2) is 8.42 Å². The van der Waals surface area contributed by atoms with Crippen LogP contribution in [0.15, 0.2) is 35.2 Å². The van der Waals surface area contributed by atoms with Gasteiger partial charge in [0, 0.05) is 23.7 Å². The highest BCUT2D eigenvalue weighted by molar-refractivity contribution is 7.92. The van der Waals surface area contributed by atoms with Gasteiger partial charge in [-0.15, -0.1) is 0 Å². The predicted octanol–water partition coefficient (Wildman–Crippen LogP) is 2.80. The van der Waals surface area contributed by atoms with Crippen LogP contribution < -0.4 is 14.8 Å². The van der Waals surface area contributed by atoms with Crippen molar-refractivity contribution in [2.45, 2.75) is 43.0 Å². The number of sulfonamides is 1. The summed E-state index contributed by atoms with van der Waals surface area (Å²) in [4.78, 5) is 13.9. The van der Waals surface area contributed by atoms with Crippen LogP contribution in [0.4, 0.5) is 11.4 Å². The Morgan fingerprint density at radius 3 is 2.63 bits per heavy atom. The van der Waals surface area contributed by atoms with Crippen molar-refractivity contribution in [2.24, 2.45) is 0 Å². The lowest BCUT2D eigenvalue weighted by molar-refractivity contribution is -0.116. The molecule has 2 aromatic rings. The van der Waals surface area contributed by atoms with Crippen LogP contribution in [0.1, 0.15) is 29.5 Å². The highest BCUT2D eigenvalue weighted by Crippen LogP contribution is 2.37. The molecule has 160 valence electrons. The fourth-order valence-electron chi connectivity index (χ4n) is 4.29. The highest BCUT2D eigenvalue weighted by atomic mass is 32.2. The lowest BCUT2D eigenvalue weighted by atomic mass is 9.86. The molecule has 2 N–H and O–H groups in total. The van der Waals surface area contributed by atoms with Gasteiger partial charge in [-0.3, -0.25) is 9.52 Å². The zero-order valence-corrected chi connectivity index (χ0v) is 18.3. The zero-order chi connectivity index (χ0) is 21.5. The van der Waals surface area contributed by atoms with E-state index in [9.17, 15) is 13.2 Å². The van der Waals surface area contributed by atoms with Crippen molar-refractivity contribution in [1.29, 1.82) is 0 Å². The molecule has 8 heteroatoms. The van der Waals surface area contributed by atoms with Gasteiger partial charge in [0.25, 0.3) is 10.0 Å². The number of nitrogens with one attached hydrogen (secondary N) is 2. The Morgan fingerprint density at radius 1 is 1.10 bits per heavy atom. The fraction of sp³-hybridized carbons (Fsp3) is 0.409. The first-order chi connectivity index (χ1) is 14.3. The number of likely N-dealkylation sites (N-methyl/N-ethyl adjacent to an activating group) is 1. The minimum absolute atomic E-state index is 0.0443. The van der Waals surface area contributed by atoms with Gasteiger partial charge >= 0.3 is 0 Å². The van der Waals surface area contributed by atoms with E-state index in [0.29, 0.717) is 30.3 Å². The van der Waals surface area contributed by atoms with Crippen LogP contribution in [0, 0.1) is 0 Å². The Balaban J connectivity index is 1.66. The second-order valence-corrected chi connectivity index (χ2v) is 9.79. The maximum atomic E-state index is 13.1. The van der Waals surface area contributed by atoms with Crippen LogP contribution in [0.25, 0.3) is 0 Å². The van der Waals surface area contributed by atoms with E-state index in [1.165, 1.54) is 6.07 Å². The summed E-state index contributed by atoms with van der Waals surface area (Å²) in [7, 11) is 2.01. The van der Waals surface area contributed by atoms with Gasteiger partial charge in [-0.05, 0) is 81.2 Å². The number of ether oxygens (including phenoxy) is 1. The Labute approximate surface area is 177 Å². The van der Waals surface area contributed by atoms with Crippen LogP contribution >= 0.6 is 0 Å². The lowest BCUT2D eigenvalue weighted by Gasteiger charge is -2.32. The van der Waals surface area contributed by atoms with Gasteiger partial charge in [0.05, 0.1) is 17.7 Å². The van der Waals surface area contributed by atoms with Crippen molar-refractivity contribution < 1.29 is 17.9 Å². The highest BCUT2D eigenvalue weighted by Gasteiger charge is 2.27. The second-order valence-electron chi connectivity index (χ2n) is 8.11. The molecular weight excluding hydrogens is 402 g/mol. The molecule has 1 atom stereocenters. The number of nitrogens with zero attached hydrogens (tertiary/aromatic N) is 1. The van der Waals surface area contributed by atoms with Crippen LogP contribution in [-0.2, 0) is 34.1 Å². The van der Waals surface area contributed by atoms with E-state index in [4.69, 9.17) is 4.74 Å². The molecular formula is C22H27N3O4S. The summed E-state index contributed by atoms with van der Waals surface area (Å²) in [6, 6.07) is 8.85. The van der Waals surface area contributed by atoms with E-state index < -0.39 is 10.0 Å². The first-order valence-electron chi connectivity index (χ1n) is 10.1. The van der Waals surface area contributed by atoms with Crippen LogP contribution in [0.3, 0.4) is 0 Å². The Bertz CT molecular complexity index is 1100. The molecule has 0 bridgehead atoms. The third-order valence-corrected chi connectivity index (χ3v) is 7.40. The standard InChI is InChI=1S/C22H27N3O4S/c1-25(2)15-5-7-17-18(13-15)21(29-3)10-9-20(17)24-30(27,28)16-6-8-19-14(12-16)4-11-22(26)23-19/h6,8-10,12,15,24H,4-5,7,11,13H2,1-3H3,(H,23,26)/t15-/m0/s1. The van der Waals surface area contributed by atoms with E-state index in [1.54, 1.807) is 25.3 Å². The van der Waals surface area contributed by atoms with Crippen molar-refractivity contribution in [3.8, 4) is 5.75 Å². The predicted molar refractivity (Wildman–Crippen MR) is 117 cm³/mol. The van der Waals surface area contributed by atoms with Gasteiger partial charge in [0.2, 0.25) is 5.91 Å². The first kappa shape index (κ1) is 20.7. The summed E-state index contributed by atoms with van der Waals surface area (Å²) in [6.45, 7) is 0. The molecule has 1 amide bonds. The summed E-state index contributed by atoms with van der Waals surface area (Å²) in [5.74, 6) is 0.751. The number of amides is 1. The number of carbonyl (C=O) groups excluding carboxylic acids is 1. The molecule has 30 heavy (non-hydrogen) atoms. The van der Waals surface area contributed by atoms with Crippen molar-refractivity contribution in [3.63, 3.8) is 0 Å². The Morgan fingerprint density at radius 2 is 1.90 bits per heavy atom. The maximum Gasteiger partial charge on any atom is 0.261 e. The molecule has 2 aromatic carbocycles. The topological polar surface area (TPSA) is 87.7 Å². The van der Waals surface area contributed by atoms with Crippen molar-refractivity contribution >= 4 is 27.3 Å². The molecule has 0 saturated carbocycles. The monoisotopic (exact) mass is 429 g/mol. The summed E-state index contributed by atoms with van der Waals surface area (Å²) in [6.07, 6.45) is 3.46. The van der Waals surface area contributed by atoms with E-state index in [0.717, 1.165) is 41.7 Å². The van der Waals surface area contributed by atoms with E-state index in [2.05, 4.69) is 29.0 Å². The van der Waals surface area contributed by atoms with Crippen LogP contribution in [0.2, 0.25) is 0 Å². The summed E-state index contributed by atoms with van der Waals surface area (Å²) in [5.41, 5.74) is 4.19. The summed E-state index contributed by atoms with van der Waals surface area (Å²) < 4.78 is 34.6. The summed E-state index contributed by atoms with van der Waals surface area (Å²) in [5, 5.41) is 2.78. The minimum Gasteiger partial charge on any atom is -0.496 e.